The second-order valence-corrected chi connectivity index (χ2v) is 3.97. The minimum absolute atomic E-state index is 0.0102. The summed E-state index contributed by atoms with van der Waals surface area (Å²) in [5, 5.41) is 1.63. The number of hydrogen-bond donors (Lipinski definition) is 1. The van der Waals surface area contributed by atoms with E-state index in [-0.39, 0.29) is 22.2 Å². The van der Waals surface area contributed by atoms with Gasteiger partial charge in [0.05, 0.1) is 24.9 Å². The minimum atomic E-state index is -4.82. The second-order valence-electron chi connectivity index (χ2n) is 3.56. The van der Waals surface area contributed by atoms with Gasteiger partial charge < -0.3 is 14.8 Å². The number of anilines is 1. The molecule has 0 unspecified atom stereocenters. The first-order valence-corrected chi connectivity index (χ1v) is 5.50. The van der Waals surface area contributed by atoms with Crippen molar-refractivity contribution in [3.63, 3.8) is 0 Å². The van der Waals surface area contributed by atoms with Crippen molar-refractivity contribution in [2.45, 2.75) is 12.3 Å². The van der Waals surface area contributed by atoms with Gasteiger partial charge in [-0.15, -0.1) is 0 Å². The van der Waals surface area contributed by atoms with E-state index in [0.717, 1.165) is 6.07 Å². The van der Waals surface area contributed by atoms with Gasteiger partial charge in [0.15, 0.2) is 0 Å². The molecular formula is C11H10ClF4NO3. The van der Waals surface area contributed by atoms with Crippen LogP contribution in [0.25, 0.3) is 0 Å². The molecule has 0 fully saturated rings. The Kier molecular flexibility index (Phi) is 5.04. The van der Waals surface area contributed by atoms with Crippen LogP contribution in [0, 0.1) is 0 Å². The summed E-state index contributed by atoms with van der Waals surface area (Å²) in [7, 11) is 2.51. The topological polar surface area (TPSA) is 47.6 Å². The molecule has 1 rings (SSSR count). The van der Waals surface area contributed by atoms with Gasteiger partial charge in [0, 0.05) is 6.07 Å². The number of methoxy groups -OCH3 is 2. The molecule has 0 heterocycles. The van der Waals surface area contributed by atoms with E-state index in [4.69, 9.17) is 21.1 Å². The number of carbonyl (C=O) groups excluding carboxylic acids is 1. The van der Waals surface area contributed by atoms with Crippen molar-refractivity contribution >= 4 is 23.2 Å². The molecule has 4 nitrogen and oxygen atoms in total. The number of rotatable bonds is 5. The molecule has 112 valence electrons. The van der Waals surface area contributed by atoms with Gasteiger partial charge in [0.1, 0.15) is 11.5 Å². The molecule has 0 atom stereocenters. The Morgan fingerprint density at radius 2 is 1.80 bits per heavy atom. The maximum Gasteiger partial charge on any atom is 0.383 e. The zero-order valence-corrected chi connectivity index (χ0v) is 11.1. The zero-order chi connectivity index (χ0) is 15.5. The lowest BCUT2D eigenvalue weighted by Gasteiger charge is -2.17. The maximum atomic E-state index is 12.8. The molecule has 1 aromatic rings. The number of ether oxygens (including phenoxy) is 2. The third-order valence-electron chi connectivity index (χ3n) is 2.30. The van der Waals surface area contributed by atoms with Gasteiger partial charge in [-0.2, -0.15) is 8.78 Å². The Labute approximate surface area is 116 Å². The molecule has 20 heavy (non-hydrogen) atoms. The number of carbonyl (C=O) groups is 1. The Morgan fingerprint density at radius 3 is 2.25 bits per heavy atom. The van der Waals surface area contributed by atoms with Crippen LogP contribution >= 0.6 is 11.6 Å². The van der Waals surface area contributed by atoms with Crippen molar-refractivity contribution < 1.29 is 31.8 Å². The van der Waals surface area contributed by atoms with E-state index in [1.54, 1.807) is 5.32 Å². The van der Waals surface area contributed by atoms with Gasteiger partial charge in [0.2, 0.25) is 0 Å². The molecule has 0 aliphatic rings. The van der Waals surface area contributed by atoms with Crippen molar-refractivity contribution in [1.82, 2.24) is 0 Å². The summed E-state index contributed by atoms with van der Waals surface area (Å²) in [6.07, 6.45) is -4.12. The highest BCUT2D eigenvalue weighted by Gasteiger charge is 2.49. The van der Waals surface area contributed by atoms with Gasteiger partial charge in [-0.3, -0.25) is 4.79 Å². The highest BCUT2D eigenvalue weighted by atomic mass is 35.5. The molecule has 0 radical (unpaired) electrons. The van der Waals surface area contributed by atoms with Gasteiger partial charge in [-0.05, 0) is 6.07 Å². The number of amides is 1. The van der Waals surface area contributed by atoms with Gasteiger partial charge in [-0.25, -0.2) is 8.78 Å². The molecule has 0 spiro atoms. The van der Waals surface area contributed by atoms with Crippen molar-refractivity contribution in [3.05, 3.63) is 17.2 Å². The smallest absolute Gasteiger partial charge is 0.383 e. The summed E-state index contributed by atoms with van der Waals surface area (Å²) in [5.41, 5.74) is -0.274. The molecule has 1 amide bonds. The molecule has 1 N–H and O–H groups in total. The summed E-state index contributed by atoms with van der Waals surface area (Å²) >= 11 is 5.75. The Bertz CT molecular complexity index is 511. The van der Waals surface area contributed by atoms with Gasteiger partial charge in [0.25, 0.3) is 0 Å². The number of halogens is 5. The molecular weight excluding hydrogens is 306 g/mol. The molecule has 0 aliphatic carbocycles. The molecule has 0 saturated heterocycles. The third-order valence-corrected chi connectivity index (χ3v) is 2.59. The van der Waals surface area contributed by atoms with E-state index in [2.05, 4.69) is 0 Å². The quantitative estimate of drug-likeness (QED) is 0.849. The van der Waals surface area contributed by atoms with Crippen LogP contribution in [0.4, 0.5) is 23.2 Å². The molecule has 9 heteroatoms. The monoisotopic (exact) mass is 315 g/mol. The number of hydrogen-bond acceptors (Lipinski definition) is 3. The van der Waals surface area contributed by atoms with Crippen LogP contribution in [0.2, 0.25) is 5.02 Å². The maximum absolute atomic E-state index is 12.8. The summed E-state index contributed by atoms with van der Waals surface area (Å²) in [5.74, 6) is -6.88. The average molecular weight is 316 g/mol. The van der Waals surface area contributed by atoms with Gasteiger partial charge >= 0.3 is 18.3 Å². The average Bonchev–Trinajstić information content (AvgIpc) is 2.38. The van der Waals surface area contributed by atoms with Gasteiger partial charge in [-0.1, -0.05) is 11.6 Å². The summed E-state index contributed by atoms with van der Waals surface area (Å²) in [6.45, 7) is 0. The minimum Gasteiger partial charge on any atom is -0.495 e. The van der Waals surface area contributed by atoms with E-state index >= 15 is 0 Å². The summed E-state index contributed by atoms with van der Waals surface area (Å²) in [6, 6.07) is 2.27. The second kappa shape index (κ2) is 6.17. The molecule has 0 bridgehead atoms. The fourth-order valence-corrected chi connectivity index (χ4v) is 1.50. The predicted molar refractivity (Wildman–Crippen MR) is 64.1 cm³/mol. The van der Waals surface area contributed by atoms with Crippen molar-refractivity contribution in [2.75, 3.05) is 19.5 Å². The fourth-order valence-electron chi connectivity index (χ4n) is 1.26. The highest BCUT2D eigenvalue weighted by Crippen LogP contribution is 2.36. The normalized spacial score (nSPS) is 11.4. The number of benzene rings is 1. The first-order valence-electron chi connectivity index (χ1n) is 5.13. The Balaban J connectivity index is 3.09. The van der Waals surface area contributed by atoms with Crippen LogP contribution in [-0.4, -0.2) is 32.5 Å². The zero-order valence-electron chi connectivity index (χ0n) is 10.3. The molecule has 0 aromatic heterocycles. The van der Waals surface area contributed by atoms with Crippen LogP contribution in [0.1, 0.15) is 0 Å². The largest absolute Gasteiger partial charge is 0.495 e. The Morgan fingerprint density at radius 1 is 1.25 bits per heavy atom. The molecule has 0 saturated carbocycles. The van der Waals surface area contributed by atoms with Crippen LogP contribution < -0.4 is 14.8 Å². The van der Waals surface area contributed by atoms with Crippen LogP contribution in [0.5, 0.6) is 11.5 Å². The van der Waals surface area contributed by atoms with E-state index in [9.17, 15) is 22.4 Å². The summed E-state index contributed by atoms with van der Waals surface area (Å²) < 4.78 is 59.5. The first kappa shape index (κ1) is 16.4. The lowest BCUT2D eigenvalue weighted by atomic mass is 10.2. The van der Waals surface area contributed by atoms with Crippen molar-refractivity contribution in [2.24, 2.45) is 0 Å². The van der Waals surface area contributed by atoms with E-state index in [1.165, 1.54) is 20.3 Å². The van der Waals surface area contributed by atoms with E-state index < -0.39 is 18.3 Å². The third kappa shape index (κ3) is 3.24. The van der Waals surface area contributed by atoms with E-state index in [1.807, 2.05) is 0 Å². The SMILES string of the molecule is COc1cc(OC)c(NC(=O)C(F)(F)C(F)F)cc1Cl. The van der Waals surface area contributed by atoms with Crippen LogP contribution in [0.15, 0.2) is 12.1 Å². The van der Waals surface area contributed by atoms with Crippen molar-refractivity contribution in [1.29, 1.82) is 0 Å². The fraction of sp³-hybridized carbons (Fsp3) is 0.364. The standard InChI is InChI=1S/C11H10ClF4NO3/c1-19-7-4-8(20-2)6(3-5(7)12)17-10(18)11(15,16)9(13)14/h3-4,9H,1-2H3,(H,17,18). The lowest BCUT2D eigenvalue weighted by Crippen LogP contribution is -2.41. The lowest BCUT2D eigenvalue weighted by molar-refractivity contribution is -0.163. The molecule has 1 aromatic carbocycles. The number of alkyl halides is 4. The van der Waals surface area contributed by atoms with Crippen LogP contribution in [-0.2, 0) is 4.79 Å². The predicted octanol–water partition coefficient (Wildman–Crippen LogP) is 3.20. The number of nitrogens with one attached hydrogen (secondary N) is 1. The summed E-state index contributed by atoms with van der Waals surface area (Å²) in [4.78, 5) is 11.1. The van der Waals surface area contributed by atoms with Crippen molar-refractivity contribution in [3.8, 4) is 11.5 Å². The molecule has 0 aliphatic heterocycles. The Hall–Kier alpha value is -1.70. The first-order chi connectivity index (χ1) is 9.23. The highest BCUT2D eigenvalue weighted by molar-refractivity contribution is 6.32. The van der Waals surface area contributed by atoms with Crippen LogP contribution in [0.3, 0.4) is 0 Å². The van der Waals surface area contributed by atoms with E-state index in [0.29, 0.717) is 0 Å².